The van der Waals surface area contributed by atoms with E-state index in [2.05, 4.69) is 12.2 Å². The number of carbonyl (C=O) groups excluding carboxylic acids is 2. The predicted molar refractivity (Wildman–Crippen MR) is 73.8 cm³/mol. The van der Waals surface area contributed by atoms with Crippen molar-refractivity contribution in [3.8, 4) is 0 Å². The summed E-state index contributed by atoms with van der Waals surface area (Å²) in [6, 6.07) is -0.324. The van der Waals surface area contributed by atoms with Crippen molar-refractivity contribution in [2.24, 2.45) is 0 Å². The summed E-state index contributed by atoms with van der Waals surface area (Å²) in [5.41, 5.74) is 0. The van der Waals surface area contributed by atoms with Gasteiger partial charge in [0.25, 0.3) is 0 Å². The number of nitrogens with zero attached hydrogens (tertiary/aromatic N) is 1. The van der Waals surface area contributed by atoms with E-state index in [1.54, 1.807) is 0 Å². The van der Waals surface area contributed by atoms with Crippen LogP contribution in [-0.2, 0) is 14.3 Å². The van der Waals surface area contributed by atoms with Crippen molar-refractivity contribution in [3.63, 3.8) is 0 Å². The third-order valence-corrected chi connectivity index (χ3v) is 3.19. The number of unbranched alkanes of at least 4 members (excludes halogenated alkanes) is 1. The fourth-order valence-corrected chi connectivity index (χ4v) is 2.10. The lowest BCUT2D eigenvalue weighted by atomic mass is 10.2. The fourth-order valence-electron chi connectivity index (χ4n) is 2.10. The van der Waals surface area contributed by atoms with Gasteiger partial charge in [-0.15, -0.1) is 0 Å². The van der Waals surface area contributed by atoms with Crippen molar-refractivity contribution in [2.45, 2.75) is 52.0 Å². The number of hydrogen-bond donors (Lipinski definition) is 1. The van der Waals surface area contributed by atoms with Crippen LogP contribution in [0, 0.1) is 0 Å². The maximum atomic E-state index is 11.9. The molecule has 2 amide bonds. The summed E-state index contributed by atoms with van der Waals surface area (Å²) in [7, 11) is 0. The Balaban J connectivity index is 2.13. The van der Waals surface area contributed by atoms with Gasteiger partial charge >= 0.3 is 0 Å². The van der Waals surface area contributed by atoms with Gasteiger partial charge in [0, 0.05) is 19.8 Å². The van der Waals surface area contributed by atoms with Crippen LogP contribution in [0.4, 0.5) is 0 Å². The first-order valence-electron chi connectivity index (χ1n) is 7.36. The lowest BCUT2D eigenvalue weighted by molar-refractivity contribution is -0.138. The summed E-state index contributed by atoms with van der Waals surface area (Å²) in [4.78, 5) is 24.9. The molecule has 0 aromatic heterocycles. The van der Waals surface area contributed by atoms with Crippen molar-refractivity contribution in [3.05, 3.63) is 0 Å². The summed E-state index contributed by atoms with van der Waals surface area (Å²) in [5.74, 6) is -0.123. The van der Waals surface area contributed by atoms with E-state index in [-0.39, 0.29) is 17.9 Å². The van der Waals surface area contributed by atoms with Crippen LogP contribution in [0.15, 0.2) is 0 Å². The number of carbonyl (C=O) groups is 2. The summed E-state index contributed by atoms with van der Waals surface area (Å²) >= 11 is 0. The number of amides is 2. The molecule has 0 aromatic carbocycles. The minimum absolute atomic E-state index is 0.0523. The van der Waals surface area contributed by atoms with Gasteiger partial charge in [0.15, 0.2) is 0 Å². The maximum Gasteiger partial charge on any atom is 0.246 e. The molecular formula is C14H26N2O3. The first kappa shape index (κ1) is 16.1. The standard InChI is InChI=1S/C14H26N2O3/c1-3-5-9-19-10-6-7-15-12-11-13(17)16(8-4-2)14(12)18/h12,15H,3-11H2,1-2H3. The monoisotopic (exact) mass is 270 g/mol. The average Bonchev–Trinajstić information content (AvgIpc) is 2.66. The van der Waals surface area contributed by atoms with Gasteiger partial charge in [-0.3, -0.25) is 14.5 Å². The van der Waals surface area contributed by atoms with Crippen LogP contribution in [0.5, 0.6) is 0 Å². The topological polar surface area (TPSA) is 58.6 Å². The average molecular weight is 270 g/mol. The van der Waals surface area contributed by atoms with E-state index in [1.807, 2.05) is 6.92 Å². The Bertz CT molecular complexity index is 294. The van der Waals surface area contributed by atoms with Gasteiger partial charge in [-0.2, -0.15) is 0 Å². The van der Waals surface area contributed by atoms with E-state index in [0.29, 0.717) is 19.6 Å². The molecule has 1 aliphatic heterocycles. The second-order valence-electron chi connectivity index (χ2n) is 4.91. The van der Waals surface area contributed by atoms with Gasteiger partial charge in [0.2, 0.25) is 11.8 Å². The molecule has 0 spiro atoms. The highest BCUT2D eigenvalue weighted by molar-refractivity contribution is 6.05. The molecule has 1 saturated heterocycles. The smallest absolute Gasteiger partial charge is 0.246 e. The van der Waals surface area contributed by atoms with Gasteiger partial charge in [-0.25, -0.2) is 0 Å². The second-order valence-corrected chi connectivity index (χ2v) is 4.91. The highest BCUT2D eigenvalue weighted by atomic mass is 16.5. The van der Waals surface area contributed by atoms with Gasteiger partial charge < -0.3 is 10.1 Å². The van der Waals surface area contributed by atoms with E-state index in [1.165, 1.54) is 4.90 Å². The molecule has 1 aliphatic rings. The van der Waals surface area contributed by atoms with Crippen molar-refractivity contribution in [1.82, 2.24) is 10.2 Å². The zero-order chi connectivity index (χ0) is 14.1. The molecule has 0 aliphatic carbocycles. The largest absolute Gasteiger partial charge is 0.381 e. The van der Waals surface area contributed by atoms with E-state index >= 15 is 0 Å². The second kappa shape index (κ2) is 9.04. The number of imide groups is 1. The molecule has 1 fully saturated rings. The summed E-state index contributed by atoms with van der Waals surface area (Å²) in [6.07, 6.45) is 4.22. The molecule has 0 radical (unpaired) electrons. The van der Waals surface area contributed by atoms with Crippen LogP contribution in [-0.4, -0.2) is 49.1 Å². The highest BCUT2D eigenvalue weighted by Gasteiger charge is 2.37. The number of ether oxygens (including phenoxy) is 1. The molecule has 5 nitrogen and oxygen atoms in total. The van der Waals surface area contributed by atoms with Gasteiger partial charge in [0.05, 0.1) is 12.5 Å². The normalized spacial score (nSPS) is 19.5. The molecule has 1 rings (SSSR count). The van der Waals surface area contributed by atoms with Crippen molar-refractivity contribution in [1.29, 1.82) is 0 Å². The molecule has 0 bridgehead atoms. The molecular weight excluding hydrogens is 244 g/mol. The molecule has 0 saturated carbocycles. The lowest BCUT2D eigenvalue weighted by Crippen LogP contribution is -2.39. The quantitative estimate of drug-likeness (QED) is 0.480. The Hall–Kier alpha value is -0.940. The molecule has 19 heavy (non-hydrogen) atoms. The maximum absolute atomic E-state index is 11.9. The Morgan fingerprint density at radius 2 is 1.95 bits per heavy atom. The number of likely N-dealkylation sites (tertiary alicyclic amines) is 1. The van der Waals surface area contributed by atoms with Crippen LogP contribution in [0.3, 0.4) is 0 Å². The third-order valence-electron chi connectivity index (χ3n) is 3.19. The third kappa shape index (κ3) is 5.28. The molecule has 110 valence electrons. The number of hydrogen-bond acceptors (Lipinski definition) is 4. The molecule has 1 atom stereocenters. The molecule has 0 aromatic rings. The summed E-state index contributed by atoms with van der Waals surface area (Å²) in [5, 5.41) is 3.15. The molecule has 1 heterocycles. The van der Waals surface area contributed by atoms with Crippen LogP contribution in [0.2, 0.25) is 0 Å². The van der Waals surface area contributed by atoms with E-state index in [4.69, 9.17) is 4.74 Å². The van der Waals surface area contributed by atoms with Gasteiger partial charge in [-0.1, -0.05) is 20.3 Å². The minimum Gasteiger partial charge on any atom is -0.381 e. The summed E-state index contributed by atoms with van der Waals surface area (Å²) < 4.78 is 5.44. The fraction of sp³-hybridized carbons (Fsp3) is 0.857. The van der Waals surface area contributed by atoms with Crippen molar-refractivity contribution in [2.75, 3.05) is 26.3 Å². The first-order valence-corrected chi connectivity index (χ1v) is 7.36. The predicted octanol–water partition coefficient (Wildman–Crippen LogP) is 1.32. The van der Waals surface area contributed by atoms with Gasteiger partial charge in [0.1, 0.15) is 0 Å². The van der Waals surface area contributed by atoms with E-state index in [0.717, 1.165) is 38.8 Å². The Morgan fingerprint density at radius 3 is 2.63 bits per heavy atom. The van der Waals surface area contributed by atoms with Gasteiger partial charge in [-0.05, 0) is 25.8 Å². The number of rotatable bonds is 10. The molecule has 1 unspecified atom stereocenters. The number of nitrogens with one attached hydrogen (secondary N) is 1. The van der Waals surface area contributed by atoms with E-state index in [9.17, 15) is 9.59 Å². The summed E-state index contributed by atoms with van der Waals surface area (Å²) in [6.45, 7) is 6.87. The molecule has 1 N–H and O–H groups in total. The zero-order valence-electron chi connectivity index (χ0n) is 12.1. The van der Waals surface area contributed by atoms with E-state index < -0.39 is 0 Å². The lowest BCUT2D eigenvalue weighted by Gasteiger charge is -2.14. The molecule has 5 heteroatoms. The minimum atomic E-state index is -0.324. The first-order chi connectivity index (χ1) is 9.20. The Labute approximate surface area is 115 Å². The Kier molecular flexibility index (Phi) is 7.67. The van der Waals surface area contributed by atoms with Crippen LogP contribution < -0.4 is 5.32 Å². The zero-order valence-corrected chi connectivity index (χ0v) is 12.1. The highest BCUT2D eigenvalue weighted by Crippen LogP contribution is 2.13. The van der Waals surface area contributed by atoms with Crippen LogP contribution in [0.25, 0.3) is 0 Å². The van der Waals surface area contributed by atoms with Crippen molar-refractivity contribution < 1.29 is 14.3 Å². The van der Waals surface area contributed by atoms with Crippen LogP contribution >= 0.6 is 0 Å². The van der Waals surface area contributed by atoms with Crippen LogP contribution in [0.1, 0.15) is 46.0 Å². The SMILES string of the molecule is CCCCOCCCNC1CC(=O)N(CCC)C1=O. The Morgan fingerprint density at radius 1 is 1.21 bits per heavy atom. The van der Waals surface area contributed by atoms with Crippen molar-refractivity contribution >= 4 is 11.8 Å².